The summed E-state index contributed by atoms with van der Waals surface area (Å²) >= 11 is 14.4. The van der Waals surface area contributed by atoms with E-state index in [1.54, 1.807) is 33.6 Å². The molecule has 7 nitrogen and oxygen atoms in total. The van der Waals surface area contributed by atoms with Crippen molar-refractivity contribution in [2.75, 3.05) is 36.9 Å². The van der Waals surface area contributed by atoms with Crippen LogP contribution in [0.25, 0.3) is 11.0 Å². The number of hydrogen-bond donors (Lipinski definition) is 1. The summed E-state index contributed by atoms with van der Waals surface area (Å²) in [4.78, 5) is 26.3. The van der Waals surface area contributed by atoms with E-state index in [4.69, 9.17) is 23.2 Å². The molecule has 3 heterocycles. The molecule has 1 aliphatic rings. The molecule has 0 spiro atoms. The fourth-order valence-corrected chi connectivity index (χ4v) is 6.12. The first-order chi connectivity index (χ1) is 16.9. The van der Waals surface area contributed by atoms with Crippen molar-refractivity contribution in [3.05, 3.63) is 46.8 Å². The molecule has 11 heteroatoms. The number of nitrogens with zero attached hydrogens (tertiary/aromatic N) is 5. The van der Waals surface area contributed by atoms with E-state index in [1.807, 2.05) is 28.9 Å². The van der Waals surface area contributed by atoms with Gasteiger partial charge in [-0.15, -0.1) is 0 Å². The fraction of sp³-hybridized carbons (Fsp3) is 0.458. The van der Waals surface area contributed by atoms with Gasteiger partial charge >= 0.3 is 0 Å². The summed E-state index contributed by atoms with van der Waals surface area (Å²) < 4.78 is 2.02. The van der Waals surface area contributed by atoms with E-state index in [-0.39, 0.29) is 18.5 Å². The van der Waals surface area contributed by atoms with Gasteiger partial charge in [-0.3, -0.25) is 8.77 Å². The second-order valence-corrected chi connectivity index (χ2v) is 10.8. The summed E-state index contributed by atoms with van der Waals surface area (Å²) in [6, 6.07) is 7.42. The van der Waals surface area contributed by atoms with Gasteiger partial charge in [0.15, 0.2) is 5.65 Å². The molecule has 1 aliphatic heterocycles. The standard InChI is InChI=1S/C22H25Cl2IN6OS.C2H6/c1-3-14-6-18(29(2)21-19-4-5-31(33-25)22(19)28-13-27-21)12-30(11-14)20(32)10-26-17-8-15(23)7-16(24)9-17;1-2/h4-5,7-9,13-14,18,26H,3,6,10-12H2,1-2H3;1-2H3. The zero-order valence-electron chi connectivity index (χ0n) is 20.3. The van der Waals surface area contributed by atoms with Gasteiger partial charge in [-0.25, -0.2) is 9.97 Å². The lowest BCUT2D eigenvalue weighted by atomic mass is 9.91. The van der Waals surface area contributed by atoms with Crippen LogP contribution in [0.1, 0.15) is 33.6 Å². The first kappa shape index (κ1) is 28.1. The van der Waals surface area contributed by atoms with Crippen molar-refractivity contribution in [1.82, 2.24) is 18.8 Å². The number of likely N-dealkylation sites (N-methyl/N-ethyl adjacent to an activating group) is 1. The Hall–Kier alpha value is -1.43. The molecule has 4 rings (SSSR count). The number of aromatic nitrogens is 3. The van der Waals surface area contributed by atoms with Gasteiger partial charge in [-0.2, -0.15) is 0 Å². The van der Waals surface area contributed by atoms with Gasteiger partial charge in [0.2, 0.25) is 5.91 Å². The third-order valence-electron chi connectivity index (χ3n) is 6.13. The number of carbonyl (C=O) groups is 1. The molecule has 0 bridgehead atoms. The number of carbonyl (C=O) groups excluding carboxylic acids is 1. The third kappa shape index (κ3) is 6.87. The Balaban J connectivity index is 0.00000167. The molecule has 1 saturated heterocycles. The molecule has 2 unspecified atom stereocenters. The maximum absolute atomic E-state index is 13.1. The van der Waals surface area contributed by atoms with Crippen molar-refractivity contribution < 1.29 is 4.79 Å². The number of piperidine rings is 1. The summed E-state index contributed by atoms with van der Waals surface area (Å²) in [5, 5.41) is 5.25. The lowest BCUT2D eigenvalue weighted by molar-refractivity contribution is -0.131. The van der Waals surface area contributed by atoms with Crippen LogP contribution in [-0.4, -0.2) is 57.5 Å². The van der Waals surface area contributed by atoms with Crippen molar-refractivity contribution in [3.8, 4) is 0 Å². The SMILES string of the molecule is CC.CCC1CC(N(C)c2ncnc3c2ccn3SI)CN(C(=O)CNc2cc(Cl)cc(Cl)c2)C1. The van der Waals surface area contributed by atoms with Gasteiger partial charge in [0.1, 0.15) is 12.1 Å². The smallest absolute Gasteiger partial charge is 0.241 e. The van der Waals surface area contributed by atoms with E-state index in [0.29, 0.717) is 22.5 Å². The Bertz CT molecular complexity index is 1130. The summed E-state index contributed by atoms with van der Waals surface area (Å²) in [6.07, 6.45) is 5.65. The highest BCUT2D eigenvalue weighted by atomic mass is 127. The summed E-state index contributed by atoms with van der Waals surface area (Å²) in [7, 11) is 3.64. The average molecular weight is 649 g/mol. The van der Waals surface area contributed by atoms with E-state index in [9.17, 15) is 4.79 Å². The number of halogens is 3. The van der Waals surface area contributed by atoms with E-state index in [2.05, 4.69) is 61.4 Å². The Labute approximate surface area is 233 Å². The second-order valence-electron chi connectivity index (χ2n) is 8.23. The average Bonchev–Trinajstić information content (AvgIpc) is 3.30. The van der Waals surface area contributed by atoms with Crippen molar-refractivity contribution in [2.45, 2.75) is 39.7 Å². The molecule has 2 aromatic heterocycles. The van der Waals surface area contributed by atoms with Gasteiger partial charge < -0.3 is 15.1 Å². The minimum Gasteiger partial charge on any atom is -0.376 e. The molecule has 0 aliphatic carbocycles. The maximum Gasteiger partial charge on any atom is 0.241 e. The van der Waals surface area contributed by atoms with Gasteiger partial charge in [-0.05, 0) is 36.6 Å². The van der Waals surface area contributed by atoms with Crippen LogP contribution in [0.5, 0.6) is 0 Å². The van der Waals surface area contributed by atoms with E-state index >= 15 is 0 Å². The molecule has 1 N–H and O–H groups in total. The molecular weight excluding hydrogens is 618 g/mol. The second kappa shape index (κ2) is 13.2. The number of likely N-dealkylation sites (tertiary alicyclic amines) is 1. The van der Waals surface area contributed by atoms with Crippen LogP contribution in [0.3, 0.4) is 0 Å². The summed E-state index contributed by atoms with van der Waals surface area (Å²) in [5.41, 5.74) is 1.63. The highest BCUT2D eigenvalue weighted by molar-refractivity contribution is 14.2. The molecule has 0 saturated carbocycles. The van der Waals surface area contributed by atoms with Gasteiger partial charge in [0.25, 0.3) is 0 Å². The third-order valence-corrected chi connectivity index (χ3v) is 8.29. The zero-order valence-corrected chi connectivity index (χ0v) is 24.8. The molecule has 0 radical (unpaired) electrons. The van der Waals surface area contributed by atoms with Crippen LogP contribution in [0.2, 0.25) is 10.0 Å². The van der Waals surface area contributed by atoms with Crippen LogP contribution < -0.4 is 10.2 Å². The van der Waals surface area contributed by atoms with Crippen molar-refractivity contribution in [3.63, 3.8) is 0 Å². The van der Waals surface area contributed by atoms with Crippen molar-refractivity contribution in [2.24, 2.45) is 5.92 Å². The van der Waals surface area contributed by atoms with Crippen LogP contribution >= 0.6 is 53.5 Å². The van der Waals surface area contributed by atoms with Crippen molar-refractivity contribution >= 4 is 82.0 Å². The maximum atomic E-state index is 13.1. The Morgan fingerprint density at radius 2 is 1.94 bits per heavy atom. The number of anilines is 2. The van der Waals surface area contributed by atoms with E-state index < -0.39 is 0 Å². The molecule has 1 amide bonds. The highest BCUT2D eigenvalue weighted by Crippen LogP contribution is 2.32. The molecule has 2 atom stereocenters. The molecule has 1 fully saturated rings. The number of nitrogens with one attached hydrogen (secondary N) is 1. The van der Waals surface area contributed by atoms with Gasteiger partial charge in [0.05, 0.1) is 11.9 Å². The molecule has 1 aromatic carbocycles. The summed E-state index contributed by atoms with van der Waals surface area (Å²) in [6.45, 7) is 7.79. The number of hydrogen-bond acceptors (Lipinski definition) is 6. The van der Waals surface area contributed by atoms with Crippen molar-refractivity contribution in [1.29, 1.82) is 0 Å². The largest absolute Gasteiger partial charge is 0.376 e. The minimum atomic E-state index is 0.0583. The van der Waals surface area contributed by atoms with Gasteiger partial charge in [-0.1, -0.05) is 50.4 Å². The zero-order chi connectivity index (χ0) is 25.5. The number of benzene rings is 1. The van der Waals surface area contributed by atoms with Gasteiger partial charge in [0, 0.05) is 78.4 Å². The fourth-order valence-electron chi connectivity index (χ4n) is 4.32. The monoisotopic (exact) mass is 648 g/mol. The van der Waals surface area contributed by atoms with Crippen LogP contribution in [0.15, 0.2) is 36.8 Å². The number of amides is 1. The Kier molecular flexibility index (Phi) is 10.6. The lowest BCUT2D eigenvalue weighted by Gasteiger charge is -2.42. The van der Waals surface area contributed by atoms with E-state index in [1.165, 1.54) is 0 Å². The van der Waals surface area contributed by atoms with Crippen LogP contribution in [-0.2, 0) is 4.79 Å². The Morgan fingerprint density at radius 1 is 1.23 bits per heavy atom. The number of fused-ring (bicyclic) bond motifs is 1. The molecule has 3 aromatic rings. The Morgan fingerprint density at radius 3 is 2.60 bits per heavy atom. The predicted octanol–water partition coefficient (Wildman–Crippen LogP) is 6.79. The quantitative estimate of drug-likeness (QED) is 0.285. The highest BCUT2D eigenvalue weighted by Gasteiger charge is 2.32. The molecule has 35 heavy (non-hydrogen) atoms. The van der Waals surface area contributed by atoms with Crippen LogP contribution in [0, 0.1) is 5.92 Å². The predicted molar refractivity (Wildman–Crippen MR) is 158 cm³/mol. The minimum absolute atomic E-state index is 0.0583. The first-order valence-electron chi connectivity index (χ1n) is 11.7. The van der Waals surface area contributed by atoms with Crippen LogP contribution in [0.4, 0.5) is 11.5 Å². The first-order valence-corrected chi connectivity index (χ1v) is 15.8. The molecule has 190 valence electrons. The van der Waals surface area contributed by atoms with E-state index in [0.717, 1.165) is 41.9 Å². The number of rotatable bonds is 7. The molecular formula is C24H31Cl2IN6OS. The summed E-state index contributed by atoms with van der Waals surface area (Å²) in [5.74, 6) is 1.38. The normalized spacial score (nSPS) is 17.6. The topological polar surface area (TPSA) is 66.3 Å². The lowest BCUT2D eigenvalue weighted by Crippen LogP contribution is -2.53.